The normalized spacial score (nSPS) is 17.8. The summed E-state index contributed by atoms with van der Waals surface area (Å²) >= 11 is 0. The van der Waals surface area contributed by atoms with Crippen LogP contribution in [0.2, 0.25) is 0 Å². The van der Waals surface area contributed by atoms with Crippen LogP contribution in [0, 0.1) is 19.8 Å². The van der Waals surface area contributed by atoms with Gasteiger partial charge in [-0.05, 0) is 48.2 Å². The lowest BCUT2D eigenvalue weighted by Gasteiger charge is -2.36. The number of rotatable bonds is 6. The molecule has 0 saturated carbocycles. The van der Waals surface area contributed by atoms with Gasteiger partial charge in [0.25, 0.3) is 0 Å². The zero-order valence-corrected chi connectivity index (χ0v) is 16.1. The van der Waals surface area contributed by atoms with Crippen LogP contribution in [-0.2, 0) is 17.9 Å². The fraction of sp³-hybridized carbons (Fsp3) is 0.381. The van der Waals surface area contributed by atoms with Crippen LogP contribution in [0.4, 0.5) is 8.78 Å². The fourth-order valence-corrected chi connectivity index (χ4v) is 3.71. The number of hydrogen-bond acceptors (Lipinski definition) is 5. The van der Waals surface area contributed by atoms with Crippen LogP contribution in [0.15, 0.2) is 30.3 Å². The van der Waals surface area contributed by atoms with Crippen molar-refractivity contribution >= 4 is 5.97 Å². The summed E-state index contributed by atoms with van der Waals surface area (Å²) < 4.78 is 41.1. The molecule has 2 aromatic carbocycles. The van der Waals surface area contributed by atoms with Crippen LogP contribution in [0.1, 0.15) is 22.3 Å². The van der Waals surface area contributed by atoms with Crippen molar-refractivity contribution < 1.29 is 32.9 Å². The highest BCUT2D eigenvalue weighted by atomic mass is 19.3. The number of hydrogen-bond donors (Lipinski definition) is 1. The summed E-state index contributed by atoms with van der Waals surface area (Å²) in [5, 5.41) is 8.98. The highest BCUT2D eigenvalue weighted by Gasteiger charge is 2.43. The van der Waals surface area contributed by atoms with Crippen molar-refractivity contribution in [2.24, 2.45) is 5.92 Å². The number of nitrogens with zero attached hydrogens (tertiary/aromatic N) is 1. The Balaban J connectivity index is 1.39. The number of aliphatic carboxylic acids is 1. The van der Waals surface area contributed by atoms with Gasteiger partial charge in [0.15, 0.2) is 11.5 Å². The van der Waals surface area contributed by atoms with Crippen molar-refractivity contribution in [1.82, 2.24) is 4.90 Å². The Labute approximate surface area is 166 Å². The van der Waals surface area contributed by atoms with Crippen molar-refractivity contribution in [3.05, 3.63) is 52.6 Å². The van der Waals surface area contributed by atoms with E-state index in [0.717, 1.165) is 22.4 Å². The summed E-state index contributed by atoms with van der Waals surface area (Å²) in [6.45, 7) is 5.92. The van der Waals surface area contributed by atoms with Gasteiger partial charge in [-0.25, -0.2) is 0 Å². The molecule has 2 heterocycles. The first-order chi connectivity index (χ1) is 13.7. The van der Waals surface area contributed by atoms with Gasteiger partial charge in [-0.1, -0.05) is 18.2 Å². The van der Waals surface area contributed by atoms with Crippen LogP contribution in [-0.4, -0.2) is 35.4 Å². The molecule has 1 saturated heterocycles. The van der Waals surface area contributed by atoms with Crippen molar-refractivity contribution in [2.75, 3.05) is 13.1 Å². The molecular weight excluding hydrogens is 384 g/mol. The van der Waals surface area contributed by atoms with Gasteiger partial charge in [-0.2, -0.15) is 0 Å². The molecule has 4 rings (SSSR count). The standard InChI is InChI=1S/C21H21F2NO5/c1-12-5-15(8-24-9-16(10-24)20(25)26)6-13(2)19(12)27-11-14-3-4-17-18(7-14)29-21(22,23)28-17/h3-7,16H,8-11H2,1-2H3,(H,25,26). The first-order valence-corrected chi connectivity index (χ1v) is 9.27. The van der Waals surface area contributed by atoms with E-state index in [-0.39, 0.29) is 24.0 Å². The smallest absolute Gasteiger partial charge is 0.488 e. The number of carboxylic acids is 1. The number of fused-ring (bicyclic) bond motifs is 1. The second-order valence-electron chi connectivity index (χ2n) is 7.53. The molecular formula is C21H21F2NO5. The third-order valence-electron chi connectivity index (χ3n) is 5.08. The van der Waals surface area contributed by atoms with E-state index in [1.54, 1.807) is 6.07 Å². The quantitative estimate of drug-likeness (QED) is 0.790. The number of aryl methyl sites for hydroxylation is 2. The maximum Gasteiger partial charge on any atom is 0.586 e. The number of likely N-dealkylation sites (tertiary alicyclic amines) is 1. The molecule has 6 nitrogen and oxygen atoms in total. The van der Waals surface area contributed by atoms with Crippen molar-refractivity contribution in [3.63, 3.8) is 0 Å². The molecule has 0 aromatic heterocycles. The van der Waals surface area contributed by atoms with Crippen molar-refractivity contribution in [2.45, 2.75) is 33.3 Å². The molecule has 1 N–H and O–H groups in total. The second kappa shape index (κ2) is 7.18. The van der Waals surface area contributed by atoms with Gasteiger partial charge in [0, 0.05) is 19.6 Å². The van der Waals surface area contributed by atoms with Gasteiger partial charge in [0.2, 0.25) is 0 Å². The summed E-state index contributed by atoms with van der Waals surface area (Å²) in [4.78, 5) is 13.0. The number of halogens is 2. The van der Waals surface area contributed by atoms with E-state index in [0.29, 0.717) is 25.2 Å². The SMILES string of the molecule is Cc1cc(CN2CC(C(=O)O)C2)cc(C)c1OCc1ccc2c(c1)OC(F)(F)O2. The van der Waals surface area contributed by atoms with Gasteiger partial charge >= 0.3 is 12.3 Å². The Bertz CT molecular complexity index is 933. The average Bonchev–Trinajstić information content (AvgIpc) is 2.89. The predicted octanol–water partition coefficient (Wildman–Crippen LogP) is 3.72. The lowest BCUT2D eigenvalue weighted by molar-refractivity contribution is -0.286. The van der Waals surface area contributed by atoms with Gasteiger partial charge < -0.3 is 19.3 Å². The van der Waals surface area contributed by atoms with Gasteiger partial charge in [0.1, 0.15) is 12.4 Å². The van der Waals surface area contributed by atoms with Crippen LogP contribution in [0.3, 0.4) is 0 Å². The number of carboxylic acid groups (broad SMARTS) is 1. The summed E-state index contributed by atoms with van der Waals surface area (Å²) in [6.07, 6.45) is -3.63. The van der Waals surface area contributed by atoms with E-state index in [4.69, 9.17) is 9.84 Å². The Morgan fingerprint density at radius 3 is 2.45 bits per heavy atom. The molecule has 0 unspecified atom stereocenters. The summed E-state index contributed by atoms with van der Waals surface area (Å²) in [7, 11) is 0. The second-order valence-corrected chi connectivity index (χ2v) is 7.53. The highest BCUT2D eigenvalue weighted by Crippen LogP contribution is 2.41. The van der Waals surface area contributed by atoms with Gasteiger partial charge in [-0.15, -0.1) is 8.78 Å². The van der Waals surface area contributed by atoms with Crippen LogP contribution in [0.5, 0.6) is 17.2 Å². The van der Waals surface area contributed by atoms with E-state index < -0.39 is 12.3 Å². The Kier molecular flexibility index (Phi) is 4.82. The molecule has 0 atom stereocenters. The maximum atomic E-state index is 13.1. The average molecular weight is 405 g/mol. The molecule has 29 heavy (non-hydrogen) atoms. The van der Waals surface area contributed by atoms with Crippen LogP contribution < -0.4 is 14.2 Å². The topological polar surface area (TPSA) is 68.2 Å². The third-order valence-corrected chi connectivity index (χ3v) is 5.08. The Hall–Kier alpha value is -2.87. The molecule has 0 bridgehead atoms. The van der Waals surface area contributed by atoms with Gasteiger partial charge in [-0.3, -0.25) is 9.69 Å². The van der Waals surface area contributed by atoms with Crippen LogP contribution >= 0.6 is 0 Å². The number of ether oxygens (including phenoxy) is 3. The Morgan fingerprint density at radius 1 is 1.14 bits per heavy atom. The summed E-state index contributed by atoms with van der Waals surface area (Å²) in [5.74, 6) is -0.282. The van der Waals surface area contributed by atoms with Gasteiger partial charge in [0.05, 0.1) is 5.92 Å². The summed E-state index contributed by atoms with van der Waals surface area (Å²) in [6, 6.07) is 8.63. The van der Waals surface area contributed by atoms with Crippen molar-refractivity contribution in [3.8, 4) is 17.2 Å². The summed E-state index contributed by atoms with van der Waals surface area (Å²) in [5.41, 5.74) is 3.71. The number of carbonyl (C=O) groups is 1. The molecule has 0 aliphatic carbocycles. The monoisotopic (exact) mass is 405 g/mol. The first kappa shape index (κ1) is 19.4. The molecule has 1 fully saturated rings. The predicted molar refractivity (Wildman–Crippen MR) is 99.3 cm³/mol. The molecule has 154 valence electrons. The molecule has 0 amide bonds. The van der Waals surface area contributed by atoms with E-state index in [1.165, 1.54) is 12.1 Å². The number of alkyl halides is 2. The molecule has 2 aliphatic heterocycles. The molecule has 0 radical (unpaired) electrons. The lowest BCUT2D eigenvalue weighted by atomic mass is 9.98. The van der Waals surface area contributed by atoms with E-state index in [2.05, 4.69) is 14.4 Å². The molecule has 8 heteroatoms. The Morgan fingerprint density at radius 2 is 1.79 bits per heavy atom. The minimum Gasteiger partial charge on any atom is -0.488 e. The van der Waals surface area contributed by atoms with Crippen molar-refractivity contribution in [1.29, 1.82) is 0 Å². The fourth-order valence-electron chi connectivity index (χ4n) is 3.71. The minimum atomic E-state index is -3.63. The van der Waals surface area contributed by atoms with E-state index in [9.17, 15) is 13.6 Å². The zero-order valence-electron chi connectivity index (χ0n) is 16.1. The third kappa shape index (κ3) is 4.12. The molecule has 2 aliphatic rings. The maximum absolute atomic E-state index is 13.1. The zero-order chi connectivity index (χ0) is 20.8. The van der Waals surface area contributed by atoms with Crippen LogP contribution in [0.25, 0.3) is 0 Å². The largest absolute Gasteiger partial charge is 0.586 e. The highest BCUT2D eigenvalue weighted by molar-refractivity contribution is 5.71. The first-order valence-electron chi connectivity index (χ1n) is 9.27. The lowest BCUT2D eigenvalue weighted by Crippen LogP contribution is -2.49. The molecule has 0 spiro atoms. The molecule has 2 aromatic rings. The minimum absolute atomic E-state index is 0.00546. The van der Waals surface area contributed by atoms with E-state index in [1.807, 2.05) is 26.0 Å². The number of benzene rings is 2. The van der Waals surface area contributed by atoms with E-state index >= 15 is 0 Å².